The summed E-state index contributed by atoms with van der Waals surface area (Å²) >= 11 is 0. The van der Waals surface area contributed by atoms with Gasteiger partial charge in [-0.1, -0.05) is 6.07 Å². The van der Waals surface area contributed by atoms with E-state index >= 15 is 0 Å². The van der Waals surface area contributed by atoms with Crippen molar-refractivity contribution >= 4 is 9.84 Å². The molecule has 20 heavy (non-hydrogen) atoms. The first-order chi connectivity index (χ1) is 9.27. The van der Waals surface area contributed by atoms with Gasteiger partial charge in [-0.05, 0) is 33.9 Å². The molecular weight excluding hydrogens is 281 g/mol. The second-order valence-corrected chi connectivity index (χ2v) is 7.63. The maximum Gasteiger partial charge on any atom is 0.155 e. The summed E-state index contributed by atoms with van der Waals surface area (Å²) in [7, 11) is -1.36. The maximum atomic E-state index is 13.3. The van der Waals surface area contributed by atoms with E-state index in [4.69, 9.17) is 4.74 Å². The highest BCUT2D eigenvalue weighted by Crippen LogP contribution is 2.26. The molecule has 0 heterocycles. The van der Waals surface area contributed by atoms with Crippen molar-refractivity contribution in [1.82, 2.24) is 5.32 Å². The molecule has 0 aliphatic heterocycles. The molecule has 0 fully saturated rings. The van der Waals surface area contributed by atoms with Gasteiger partial charge in [0.2, 0.25) is 0 Å². The molecule has 0 aliphatic rings. The molecular formula is C14H22FNO3S. The molecule has 0 radical (unpaired) electrons. The van der Waals surface area contributed by atoms with E-state index in [1.54, 1.807) is 27.0 Å². The van der Waals surface area contributed by atoms with Gasteiger partial charge in [-0.3, -0.25) is 0 Å². The Kier molecular flexibility index (Phi) is 5.95. The Morgan fingerprint density at radius 3 is 2.50 bits per heavy atom. The third-order valence-electron chi connectivity index (χ3n) is 3.22. The molecule has 114 valence electrons. The maximum absolute atomic E-state index is 13.3. The Hall–Kier alpha value is -1.14. The molecule has 4 nitrogen and oxygen atoms in total. The zero-order valence-corrected chi connectivity index (χ0v) is 13.1. The van der Waals surface area contributed by atoms with Crippen LogP contribution in [0.4, 0.5) is 4.39 Å². The fourth-order valence-electron chi connectivity index (χ4n) is 1.65. The number of ether oxygens (including phenoxy) is 1. The molecule has 0 amide bonds. The van der Waals surface area contributed by atoms with Crippen molar-refractivity contribution in [2.24, 2.45) is 0 Å². The van der Waals surface area contributed by atoms with Crippen LogP contribution in [0.3, 0.4) is 0 Å². The lowest BCUT2D eigenvalue weighted by atomic mass is 10.1. The number of sulfone groups is 1. The van der Waals surface area contributed by atoms with Crippen molar-refractivity contribution in [1.29, 1.82) is 0 Å². The Labute approximate surface area is 120 Å². The van der Waals surface area contributed by atoms with Gasteiger partial charge in [-0.15, -0.1) is 0 Å². The van der Waals surface area contributed by atoms with E-state index in [0.717, 1.165) is 5.56 Å². The van der Waals surface area contributed by atoms with Crippen LogP contribution in [-0.2, 0) is 9.84 Å². The van der Waals surface area contributed by atoms with Crippen LogP contribution in [0.15, 0.2) is 18.2 Å². The Morgan fingerprint density at radius 1 is 1.30 bits per heavy atom. The van der Waals surface area contributed by atoms with E-state index in [2.05, 4.69) is 5.32 Å². The Morgan fingerprint density at radius 2 is 1.95 bits per heavy atom. The first-order valence-electron chi connectivity index (χ1n) is 6.59. The number of hydrogen-bond donors (Lipinski definition) is 1. The van der Waals surface area contributed by atoms with Crippen molar-refractivity contribution in [2.45, 2.75) is 32.1 Å². The SMILES string of the molecule is CNC(C)c1ccc(F)cc1OCCS(=O)(=O)C(C)C. The molecule has 1 rings (SSSR count). The van der Waals surface area contributed by atoms with Gasteiger partial charge in [0.1, 0.15) is 18.2 Å². The van der Waals surface area contributed by atoms with Crippen LogP contribution in [-0.4, -0.2) is 33.1 Å². The molecule has 0 aromatic heterocycles. The van der Waals surface area contributed by atoms with Crippen LogP contribution in [0.2, 0.25) is 0 Å². The highest BCUT2D eigenvalue weighted by molar-refractivity contribution is 7.91. The normalized spacial score (nSPS) is 13.5. The van der Waals surface area contributed by atoms with Crippen LogP contribution in [0.5, 0.6) is 5.75 Å². The van der Waals surface area contributed by atoms with E-state index in [1.165, 1.54) is 12.1 Å². The smallest absolute Gasteiger partial charge is 0.155 e. The predicted molar refractivity (Wildman–Crippen MR) is 78.3 cm³/mol. The van der Waals surface area contributed by atoms with E-state index in [9.17, 15) is 12.8 Å². The minimum Gasteiger partial charge on any atom is -0.492 e. The van der Waals surface area contributed by atoms with Gasteiger partial charge in [0.25, 0.3) is 0 Å². The van der Waals surface area contributed by atoms with Crippen molar-refractivity contribution in [3.63, 3.8) is 0 Å². The number of rotatable bonds is 7. The lowest BCUT2D eigenvalue weighted by Crippen LogP contribution is -2.22. The van der Waals surface area contributed by atoms with Crippen molar-refractivity contribution < 1.29 is 17.5 Å². The van der Waals surface area contributed by atoms with Gasteiger partial charge >= 0.3 is 0 Å². The van der Waals surface area contributed by atoms with Crippen LogP contribution in [0, 0.1) is 5.82 Å². The monoisotopic (exact) mass is 303 g/mol. The molecule has 0 saturated carbocycles. The first-order valence-corrected chi connectivity index (χ1v) is 8.30. The first kappa shape index (κ1) is 16.9. The van der Waals surface area contributed by atoms with E-state index in [-0.39, 0.29) is 18.4 Å². The summed E-state index contributed by atoms with van der Waals surface area (Å²) in [5.74, 6) is -0.0984. The highest BCUT2D eigenvalue weighted by atomic mass is 32.2. The highest BCUT2D eigenvalue weighted by Gasteiger charge is 2.17. The lowest BCUT2D eigenvalue weighted by Gasteiger charge is -2.17. The largest absolute Gasteiger partial charge is 0.492 e. The summed E-state index contributed by atoms with van der Waals surface area (Å²) in [4.78, 5) is 0. The van der Waals surface area contributed by atoms with Gasteiger partial charge in [-0.25, -0.2) is 12.8 Å². The van der Waals surface area contributed by atoms with Crippen LogP contribution >= 0.6 is 0 Å². The molecule has 1 atom stereocenters. The van der Waals surface area contributed by atoms with Crippen molar-refractivity contribution in [3.8, 4) is 5.75 Å². The predicted octanol–water partition coefficient (Wildman–Crippen LogP) is 2.31. The molecule has 0 spiro atoms. The number of nitrogens with one attached hydrogen (secondary N) is 1. The Balaban J connectivity index is 2.80. The quantitative estimate of drug-likeness (QED) is 0.840. The fourth-order valence-corrected chi connectivity index (χ4v) is 2.44. The summed E-state index contributed by atoms with van der Waals surface area (Å²) in [6.45, 7) is 5.20. The van der Waals surface area contributed by atoms with Gasteiger partial charge in [-0.2, -0.15) is 0 Å². The van der Waals surface area contributed by atoms with Crippen LogP contribution in [0.1, 0.15) is 32.4 Å². The average molecular weight is 303 g/mol. The van der Waals surface area contributed by atoms with E-state index < -0.39 is 20.9 Å². The average Bonchev–Trinajstić information content (AvgIpc) is 2.37. The number of hydrogen-bond acceptors (Lipinski definition) is 4. The molecule has 0 aliphatic carbocycles. The molecule has 0 saturated heterocycles. The fraction of sp³-hybridized carbons (Fsp3) is 0.571. The molecule has 1 N–H and O–H groups in total. The third-order valence-corrected chi connectivity index (χ3v) is 5.39. The number of benzene rings is 1. The number of halogens is 1. The summed E-state index contributed by atoms with van der Waals surface area (Å²) in [6, 6.07) is 4.28. The van der Waals surface area contributed by atoms with Crippen LogP contribution in [0.25, 0.3) is 0 Å². The Bertz CT molecular complexity index is 543. The van der Waals surface area contributed by atoms with Gasteiger partial charge in [0.05, 0.1) is 11.0 Å². The minimum absolute atomic E-state index is 0.00712. The van der Waals surface area contributed by atoms with E-state index in [0.29, 0.717) is 5.75 Å². The second-order valence-electron chi connectivity index (χ2n) is 4.96. The zero-order valence-electron chi connectivity index (χ0n) is 12.3. The molecule has 6 heteroatoms. The summed E-state index contributed by atoms with van der Waals surface area (Å²) < 4.78 is 42.1. The molecule has 1 unspecified atom stereocenters. The standard InChI is InChI=1S/C14H22FNO3S/c1-10(2)20(17,18)8-7-19-14-9-12(15)5-6-13(14)11(3)16-4/h5-6,9-11,16H,7-8H2,1-4H3. The molecule has 1 aromatic rings. The van der Waals surface area contributed by atoms with Gasteiger partial charge < -0.3 is 10.1 Å². The minimum atomic E-state index is -3.15. The van der Waals surface area contributed by atoms with Gasteiger partial charge in [0.15, 0.2) is 9.84 Å². The van der Waals surface area contributed by atoms with Crippen molar-refractivity contribution in [3.05, 3.63) is 29.6 Å². The second kappa shape index (κ2) is 7.04. The summed E-state index contributed by atoms with van der Waals surface area (Å²) in [5.41, 5.74) is 0.802. The zero-order chi connectivity index (χ0) is 15.3. The summed E-state index contributed by atoms with van der Waals surface area (Å²) in [6.07, 6.45) is 0. The van der Waals surface area contributed by atoms with Crippen LogP contribution < -0.4 is 10.1 Å². The third kappa shape index (κ3) is 4.45. The van der Waals surface area contributed by atoms with E-state index in [1.807, 2.05) is 6.92 Å². The van der Waals surface area contributed by atoms with Gasteiger partial charge in [0, 0.05) is 17.7 Å². The molecule has 1 aromatic carbocycles. The topological polar surface area (TPSA) is 55.4 Å². The molecule has 0 bridgehead atoms. The summed E-state index contributed by atoms with van der Waals surface area (Å²) in [5, 5.41) is 2.61. The lowest BCUT2D eigenvalue weighted by molar-refractivity contribution is 0.331. The van der Waals surface area contributed by atoms with Crippen molar-refractivity contribution in [2.75, 3.05) is 19.4 Å².